The van der Waals surface area contributed by atoms with E-state index >= 15 is 0 Å². The van der Waals surface area contributed by atoms with Crippen LogP contribution in [0, 0.1) is 0 Å². The number of alkyl halides is 1. The molecule has 182 valence electrons. The summed E-state index contributed by atoms with van der Waals surface area (Å²) in [4.78, 5) is 56.9. The summed E-state index contributed by atoms with van der Waals surface area (Å²) >= 11 is 6.42. The van der Waals surface area contributed by atoms with Gasteiger partial charge in [0, 0.05) is 11.6 Å². The van der Waals surface area contributed by atoms with Crippen molar-refractivity contribution in [3.8, 4) is 0 Å². The van der Waals surface area contributed by atoms with E-state index in [2.05, 4.69) is 30.9 Å². The first kappa shape index (κ1) is 26.4. The van der Waals surface area contributed by atoms with E-state index in [-0.39, 0.29) is 28.2 Å². The quantitative estimate of drug-likeness (QED) is 0.0790. The fraction of sp³-hybridized carbons (Fsp3) is 0.500. The topological polar surface area (TPSA) is 208 Å². The van der Waals surface area contributed by atoms with E-state index in [0.717, 1.165) is 17.6 Å². The van der Waals surface area contributed by atoms with Crippen LogP contribution in [0.5, 0.6) is 0 Å². The van der Waals surface area contributed by atoms with Gasteiger partial charge in [-0.3, -0.25) is 19.2 Å². The number of nitrogens with zero attached hydrogens (tertiary/aromatic N) is 2. The number of amides is 3. The lowest BCUT2D eigenvalue weighted by Gasteiger charge is -2.39. The number of esters is 1. The number of sulfone groups is 1. The van der Waals surface area contributed by atoms with Gasteiger partial charge in [-0.1, -0.05) is 5.16 Å². The lowest BCUT2D eigenvalue weighted by Crippen LogP contribution is -2.75. The average molecular weight is 525 g/mol. The number of nitrogens with two attached hydrogens (primary N) is 1. The smallest absolute Gasteiger partial charge is 0.325 e. The van der Waals surface area contributed by atoms with Crippen molar-refractivity contribution < 1.29 is 37.2 Å². The minimum atomic E-state index is -3.35. The number of thiazole rings is 1. The third-order valence-corrected chi connectivity index (χ3v) is 6.02. The molecule has 3 atom stereocenters. The zero-order chi connectivity index (χ0) is 24.8. The fourth-order valence-corrected chi connectivity index (χ4v) is 3.66. The maximum absolute atomic E-state index is 12.7. The Bertz CT molecular complexity index is 1060. The van der Waals surface area contributed by atoms with E-state index in [1.807, 2.05) is 0 Å². The lowest BCUT2D eigenvalue weighted by molar-refractivity contribution is -0.148. The summed E-state index contributed by atoms with van der Waals surface area (Å²) in [5.74, 6) is -3.60. The molecule has 33 heavy (non-hydrogen) atoms. The minimum Gasteiger partial charge on any atom is -0.463 e. The van der Waals surface area contributed by atoms with Gasteiger partial charge in [-0.15, -0.1) is 22.9 Å². The molecule has 1 fully saturated rings. The average Bonchev–Trinajstić information content (AvgIpc) is 3.20. The van der Waals surface area contributed by atoms with Crippen LogP contribution >= 0.6 is 22.9 Å². The minimum absolute atomic E-state index is 0.0463. The largest absolute Gasteiger partial charge is 0.463 e. The number of hydrogen-bond acceptors (Lipinski definition) is 12. The third kappa shape index (κ3) is 7.34. The molecule has 1 aromatic rings. The maximum atomic E-state index is 12.7. The van der Waals surface area contributed by atoms with Crippen molar-refractivity contribution in [2.45, 2.75) is 18.1 Å². The molecule has 1 aliphatic rings. The zero-order valence-corrected chi connectivity index (χ0v) is 19.8. The number of carbonyl (C=O) groups is 4. The summed E-state index contributed by atoms with van der Waals surface area (Å²) in [5, 5.41) is 12.4. The van der Waals surface area contributed by atoms with E-state index < -0.39 is 58.3 Å². The molecule has 3 amide bonds. The summed E-state index contributed by atoms with van der Waals surface area (Å²) in [7, 11) is -2.15. The number of halogens is 1. The molecule has 0 aliphatic carbocycles. The number of rotatable bonds is 11. The standard InChI is InChI=1S/C16H21ClN6O8S2/c1-30-23-10(7-6-32-16(19-7)20-8(24)5-17)13(25)22-12-11(21-14(12)26)9(18)15(27)31-3-4-33(2,28)29/h6,9,11-12H,3-5,18H2,1-2H3,(H,21,26)(H,22,25)(H,19,20,24). The number of carbonyl (C=O) groups excluding carboxylic acids is 4. The van der Waals surface area contributed by atoms with Crippen LogP contribution in [0.2, 0.25) is 0 Å². The van der Waals surface area contributed by atoms with Crippen molar-refractivity contribution in [3.63, 3.8) is 0 Å². The number of aromatic nitrogens is 1. The highest BCUT2D eigenvalue weighted by Gasteiger charge is 2.47. The summed E-state index contributed by atoms with van der Waals surface area (Å²) in [5.41, 5.74) is 5.55. The molecule has 1 aliphatic heterocycles. The Morgan fingerprint density at radius 2 is 2.12 bits per heavy atom. The molecule has 0 spiro atoms. The van der Waals surface area contributed by atoms with Crippen LogP contribution in [0.4, 0.5) is 5.13 Å². The molecule has 14 nitrogen and oxygen atoms in total. The van der Waals surface area contributed by atoms with Crippen molar-refractivity contribution in [1.29, 1.82) is 0 Å². The van der Waals surface area contributed by atoms with Crippen molar-refractivity contribution >= 4 is 67.3 Å². The SMILES string of the molecule is CON=C(C(=O)NC1C(=O)NC1C(N)C(=O)OCCS(C)(=O)=O)c1csc(NC(=O)CCl)n1. The monoisotopic (exact) mass is 524 g/mol. The number of hydrogen-bond donors (Lipinski definition) is 4. The predicted octanol–water partition coefficient (Wildman–Crippen LogP) is -2.43. The molecular weight excluding hydrogens is 504 g/mol. The molecule has 2 heterocycles. The second-order valence-electron chi connectivity index (χ2n) is 6.65. The molecule has 0 bridgehead atoms. The molecule has 0 radical (unpaired) electrons. The Labute approximate surface area is 197 Å². The second-order valence-corrected chi connectivity index (χ2v) is 10.0. The number of oxime groups is 1. The first-order chi connectivity index (χ1) is 15.5. The Morgan fingerprint density at radius 3 is 2.70 bits per heavy atom. The molecule has 1 aromatic heterocycles. The molecule has 17 heteroatoms. The van der Waals surface area contributed by atoms with Gasteiger partial charge in [0.1, 0.15) is 37.4 Å². The highest BCUT2D eigenvalue weighted by atomic mass is 35.5. The van der Waals surface area contributed by atoms with Crippen LogP contribution in [-0.4, -0.2) is 92.5 Å². The van der Waals surface area contributed by atoms with Crippen molar-refractivity contribution in [1.82, 2.24) is 15.6 Å². The van der Waals surface area contributed by atoms with Gasteiger partial charge >= 0.3 is 5.97 Å². The Hall–Kier alpha value is -2.82. The van der Waals surface area contributed by atoms with Crippen molar-refractivity contribution in [2.75, 3.05) is 36.9 Å². The second kappa shape index (κ2) is 11.4. The third-order valence-electron chi connectivity index (χ3n) is 4.11. The molecule has 0 aromatic carbocycles. The van der Waals surface area contributed by atoms with Crippen LogP contribution in [0.25, 0.3) is 0 Å². The van der Waals surface area contributed by atoms with Crippen LogP contribution in [0.15, 0.2) is 10.5 Å². The Balaban J connectivity index is 2.05. The number of ether oxygens (including phenoxy) is 1. The normalized spacial score (nSPS) is 19.0. The van der Waals surface area contributed by atoms with E-state index in [1.54, 1.807) is 0 Å². The Morgan fingerprint density at radius 1 is 1.42 bits per heavy atom. The summed E-state index contributed by atoms with van der Waals surface area (Å²) in [6.07, 6.45) is 0.981. The zero-order valence-electron chi connectivity index (χ0n) is 17.4. The van der Waals surface area contributed by atoms with Crippen LogP contribution in [0.1, 0.15) is 5.69 Å². The van der Waals surface area contributed by atoms with E-state index in [4.69, 9.17) is 22.1 Å². The molecule has 5 N–H and O–H groups in total. The molecule has 3 unspecified atom stereocenters. The van der Waals surface area contributed by atoms with Gasteiger partial charge in [0.15, 0.2) is 20.7 Å². The number of anilines is 1. The van der Waals surface area contributed by atoms with Gasteiger partial charge in [0.05, 0.1) is 11.8 Å². The first-order valence-corrected chi connectivity index (χ1v) is 12.6. The number of nitrogens with one attached hydrogen (secondary N) is 3. The van der Waals surface area contributed by atoms with Gasteiger partial charge < -0.3 is 31.3 Å². The molecule has 2 rings (SSSR count). The van der Waals surface area contributed by atoms with Gasteiger partial charge in [-0.25, -0.2) is 13.4 Å². The van der Waals surface area contributed by atoms with Crippen molar-refractivity contribution in [2.24, 2.45) is 10.9 Å². The van der Waals surface area contributed by atoms with Crippen LogP contribution in [0.3, 0.4) is 0 Å². The lowest BCUT2D eigenvalue weighted by atomic mass is 9.92. The molecular formula is C16H21ClN6O8S2. The van der Waals surface area contributed by atoms with Gasteiger partial charge in [0.25, 0.3) is 5.91 Å². The maximum Gasteiger partial charge on any atom is 0.325 e. The van der Waals surface area contributed by atoms with Gasteiger partial charge in [-0.2, -0.15) is 0 Å². The van der Waals surface area contributed by atoms with E-state index in [1.165, 1.54) is 12.5 Å². The molecule has 0 saturated carbocycles. The van der Waals surface area contributed by atoms with Crippen LogP contribution < -0.4 is 21.7 Å². The first-order valence-electron chi connectivity index (χ1n) is 9.11. The summed E-state index contributed by atoms with van der Waals surface area (Å²) in [6.45, 7) is -0.403. The van der Waals surface area contributed by atoms with Crippen LogP contribution in [-0.2, 0) is 38.6 Å². The van der Waals surface area contributed by atoms with Crippen molar-refractivity contribution in [3.05, 3.63) is 11.1 Å². The number of β-lactam (4-membered cyclic amide) rings is 1. The van der Waals surface area contributed by atoms with Gasteiger partial charge in [0.2, 0.25) is 11.8 Å². The highest BCUT2D eigenvalue weighted by Crippen LogP contribution is 2.17. The van der Waals surface area contributed by atoms with E-state index in [9.17, 15) is 27.6 Å². The van der Waals surface area contributed by atoms with E-state index in [0.29, 0.717) is 0 Å². The predicted molar refractivity (Wildman–Crippen MR) is 118 cm³/mol. The summed E-state index contributed by atoms with van der Waals surface area (Å²) in [6, 6.07) is -3.58. The Kier molecular flexibility index (Phi) is 9.09. The summed E-state index contributed by atoms with van der Waals surface area (Å²) < 4.78 is 27.1. The highest BCUT2D eigenvalue weighted by molar-refractivity contribution is 7.90. The molecule has 1 saturated heterocycles. The fourth-order valence-electron chi connectivity index (χ4n) is 2.49. The van der Waals surface area contributed by atoms with Gasteiger partial charge in [-0.05, 0) is 0 Å².